The Morgan fingerprint density at radius 1 is 1.31 bits per heavy atom. The second kappa shape index (κ2) is 5.50. The molecule has 84 valence electrons. The number of aromatic nitrogens is 3. The lowest BCUT2D eigenvalue weighted by atomic mass is 10.5. The van der Waals surface area contributed by atoms with Crippen molar-refractivity contribution in [1.29, 1.82) is 0 Å². The van der Waals surface area contributed by atoms with E-state index in [1.54, 1.807) is 24.9 Å². The van der Waals surface area contributed by atoms with Crippen LogP contribution in [0, 0.1) is 0 Å². The van der Waals surface area contributed by atoms with Gasteiger partial charge in [0.15, 0.2) is 0 Å². The summed E-state index contributed by atoms with van der Waals surface area (Å²) in [5.74, 6) is 1.51. The minimum atomic E-state index is 0.651. The number of thioether (sulfide) groups is 1. The molecule has 2 heterocycles. The van der Waals surface area contributed by atoms with E-state index in [2.05, 4.69) is 20.3 Å². The summed E-state index contributed by atoms with van der Waals surface area (Å²) < 4.78 is 5.11. The van der Waals surface area contributed by atoms with Gasteiger partial charge in [-0.3, -0.25) is 4.98 Å². The second-order valence-electron chi connectivity index (χ2n) is 3.01. The largest absolute Gasteiger partial charge is 0.440 e. The summed E-state index contributed by atoms with van der Waals surface area (Å²) in [5.41, 5.74) is 0.907. The van der Waals surface area contributed by atoms with Crippen LogP contribution in [0.25, 0.3) is 0 Å². The first-order valence-corrected chi connectivity index (χ1v) is 5.94. The predicted molar refractivity (Wildman–Crippen MR) is 62.3 cm³/mol. The molecular formula is C10H12N4OS. The van der Waals surface area contributed by atoms with Gasteiger partial charge in [-0.15, -0.1) is 0 Å². The van der Waals surface area contributed by atoms with Crippen LogP contribution in [-0.2, 0) is 5.75 Å². The number of nitrogens with zero attached hydrogens (tertiary/aromatic N) is 3. The molecule has 0 fully saturated rings. The first-order chi connectivity index (χ1) is 7.88. The fraction of sp³-hybridized carbons (Fsp3) is 0.300. The van der Waals surface area contributed by atoms with Crippen LogP contribution >= 0.6 is 11.8 Å². The van der Waals surface area contributed by atoms with Crippen LogP contribution < -0.4 is 5.32 Å². The Morgan fingerprint density at radius 3 is 2.88 bits per heavy atom. The van der Waals surface area contributed by atoms with E-state index in [-0.39, 0.29) is 0 Å². The van der Waals surface area contributed by atoms with Crippen molar-refractivity contribution in [3.05, 3.63) is 30.5 Å². The molecule has 2 rings (SSSR count). The van der Waals surface area contributed by atoms with Crippen molar-refractivity contribution in [2.75, 3.05) is 11.9 Å². The van der Waals surface area contributed by atoms with Crippen LogP contribution in [-0.4, -0.2) is 21.5 Å². The molecule has 0 unspecified atom stereocenters. The van der Waals surface area contributed by atoms with Gasteiger partial charge in [0.05, 0.1) is 24.3 Å². The van der Waals surface area contributed by atoms with Crippen LogP contribution in [0.5, 0.6) is 0 Å². The molecule has 0 bridgehead atoms. The van der Waals surface area contributed by atoms with Gasteiger partial charge in [-0.1, -0.05) is 11.8 Å². The van der Waals surface area contributed by atoms with Crippen LogP contribution in [0.4, 0.5) is 5.82 Å². The topological polar surface area (TPSA) is 63.8 Å². The highest BCUT2D eigenvalue weighted by Gasteiger charge is 2.01. The summed E-state index contributed by atoms with van der Waals surface area (Å²) in [7, 11) is 0. The average Bonchev–Trinajstić information content (AvgIpc) is 2.82. The lowest BCUT2D eigenvalue weighted by molar-refractivity contribution is 0.454. The van der Waals surface area contributed by atoms with Crippen molar-refractivity contribution in [3.63, 3.8) is 0 Å². The van der Waals surface area contributed by atoms with Crippen LogP contribution in [0.2, 0.25) is 0 Å². The van der Waals surface area contributed by atoms with E-state index in [1.165, 1.54) is 11.8 Å². The number of anilines is 1. The Kier molecular flexibility index (Phi) is 3.76. The minimum Gasteiger partial charge on any atom is -0.440 e. The van der Waals surface area contributed by atoms with Gasteiger partial charge in [-0.05, 0) is 6.92 Å². The molecule has 0 aromatic carbocycles. The molecule has 2 aromatic rings. The second-order valence-corrected chi connectivity index (χ2v) is 3.94. The fourth-order valence-electron chi connectivity index (χ4n) is 1.12. The highest BCUT2D eigenvalue weighted by Crippen LogP contribution is 2.19. The minimum absolute atomic E-state index is 0.651. The van der Waals surface area contributed by atoms with E-state index >= 15 is 0 Å². The van der Waals surface area contributed by atoms with E-state index in [1.807, 2.05) is 6.92 Å². The van der Waals surface area contributed by atoms with Crippen LogP contribution in [0.15, 0.2) is 34.5 Å². The third-order valence-corrected chi connectivity index (χ3v) is 2.71. The third-order valence-electron chi connectivity index (χ3n) is 1.82. The van der Waals surface area contributed by atoms with Crippen molar-refractivity contribution in [3.8, 4) is 0 Å². The molecule has 5 nitrogen and oxygen atoms in total. The smallest absolute Gasteiger partial charge is 0.255 e. The van der Waals surface area contributed by atoms with Gasteiger partial charge in [0.2, 0.25) is 0 Å². The summed E-state index contributed by atoms with van der Waals surface area (Å²) in [6.45, 7) is 2.87. The molecule has 0 aliphatic carbocycles. The Bertz CT molecular complexity index is 415. The zero-order valence-electron chi connectivity index (χ0n) is 8.88. The Morgan fingerprint density at radius 2 is 2.25 bits per heavy atom. The summed E-state index contributed by atoms with van der Waals surface area (Å²) in [5, 5.41) is 3.74. The van der Waals surface area contributed by atoms with E-state index in [0.29, 0.717) is 11.0 Å². The van der Waals surface area contributed by atoms with E-state index in [4.69, 9.17) is 4.42 Å². The quantitative estimate of drug-likeness (QED) is 0.803. The van der Waals surface area contributed by atoms with Crippen LogP contribution in [0.3, 0.4) is 0 Å². The van der Waals surface area contributed by atoms with E-state index in [0.717, 1.165) is 18.1 Å². The molecule has 0 aliphatic heterocycles. The summed E-state index contributed by atoms with van der Waals surface area (Å²) >= 11 is 1.50. The van der Waals surface area contributed by atoms with Gasteiger partial charge in [0, 0.05) is 12.3 Å². The number of hydrogen-bond donors (Lipinski definition) is 1. The molecule has 0 saturated heterocycles. The predicted octanol–water partition coefficient (Wildman–Crippen LogP) is 2.19. The summed E-state index contributed by atoms with van der Waals surface area (Å²) in [4.78, 5) is 12.5. The lowest BCUT2D eigenvalue weighted by Crippen LogP contribution is -2.00. The third kappa shape index (κ3) is 2.96. The maximum atomic E-state index is 5.11. The molecule has 0 saturated carbocycles. The number of hydrogen-bond acceptors (Lipinski definition) is 6. The molecule has 16 heavy (non-hydrogen) atoms. The van der Waals surface area contributed by atoms with Gasteiger partial charge >= 0.3 is 0 Å². The monoisotopic (exact) mass is 236 g/mol. The first kappa shape index (κ1) is 10.9. The Labute approximate surface area is 97.7 Å². The molecule has 0 spiro atoms. The average molecular weight is 236 g/mol. The Balaban J connectivity index is 1.90. The summed E-state index contributed by atoms with van der Waals surface area (Å²) in [6, 6.07) is 0. The Hall–Kier alpha value is -1.56. The van der Waals surface area contributed by atoms with Crippen molar-refractivity contribution in [1.82, 2.24) is 15.0 Å². The number of oxazole rings is 1. The van der Waals surface area contributed by atoms with Gasteiger partial charge in [-0.25, -0.2) is 9.97 Å². The first-order valence-electron chi connectivity index (χ1n) is 4.95. The zero-order valence-corrected chi connectivity index (χ0v) is 9.70. The lowest BCUT2D eigenvalue weighted by Gasteiger charge is -2.02. The maximum Gasteiger partial charge on any atom is 0.255 e. The van der Waals surface area contributed by atoms with Crippen molar-refractivity contribution >= 4 is 17.6 Å². The SMILES string of the molecule is CCNc1cnc(CSc2ncco2)cn1. The normalized spacial score (nSPS) is 10.3. The highest BCUT2D eigenvalue weighted by atomic mass is 32.2. The molecule has 0 atom stereocenters. The molecule has 1 N–H and O–H groups in total. The van der Waals surface area contributed by atoms with Gasteiger partial charge in [0.1, 0.15) is 12.1 Å². The standard InChI is InChI=1S/C10H12N4OS/c1-2-11-9-6-13-8(5-14-9)7-16-10-12-3-4-15-10/h3-6H,2,7H2,1H3,(H,11,14). The van der Waals surface area contributed by atoms with Gasteiger partial charge in [0.25, 0.3) is 5.22 Å². The zero-order chi connectivity index (χ0) is 11.2. The van der Waals surface area contributed by atoms with Gasteiger partial charge in [-0.2, -0.15) is 0 Å². The fourth-order valence-corrected chi connectivity index (χ4v) is 1.80. The van der Waals surface area contributed by atoms with E-state index in [9.17, 15) is 0 Å². The molecule has 0 radical (unpaired) electrons. The molecule has 0 amide bonds. The molecule has 0 aliphatic rings. The number of rotatable bonds is 5. The summed E-state index contributed by atoms with van der Waals surface area (Å²) in [6.07, 6.45) is 6.67. The van der Waals surface area contributed by atoms with Crippen molar-refractivity contribution in [2.24, 2.45) is 0 Å². The van der Waals surface area contributed by atoms with E-state index < -0.39 is 0 Å². The number of nitrogens with one attached hydrogen (secondary N) is 1. The van der Waals surface area contributed by atoms with Crippen molar-refractivity contribution < 1.29 is 4.42 Å². The molecule has 6 heteroatoms. The highest BCUT2D eigenvalue weighted by molar-refractivity contribution is 7.98. The molecular weight excluding hydrogens is 224 g/mol. The van der Waals surface area contributed by atoms with Gasteiger partial charge < -0.3 is 9.73 Å². The maximum absolute atomic E-state index is 5.11. The van der Waals surface area contributed by atoms with Crippen LogP contribution in [0.1, 0.15) is 12.6 Å². The molecule has 2 aromatic heterocycles. The van der Waals surface area contributed by atoms with Crippen molar-refractivity contribution in [2.45, 2.75) is 17.9 Å².